The van der Waals surface area contributed by atoms with Crippen LogP contribution in [0.4, 0.5) is 5.82 Å². The summed E-state index contributed by atoms with van der Waals surface area (Å²) in [5, 5.41) is 26.5. The number of rotatable bonds is 31. The quantitative estimate of drug-likeness (QED) is 0.0387. The first-order chi connectivity index (χ1) is 29.6. The standard InChI is InChI=1S/C35H62N7O17P3S.3H3N/c1-4-5-6-7-8-9-10-11-12-13-14-15-26(44)63-19-18-37-25(43)16-17-38-33(47)30(46)35(2,3)21-56-62(53,54)59-61(51,52)55-20-24-29(58-60(48,49)50)28(45)34(57-24)42-23-41-27-31(36)39-22-40-32(27)42;;;/h22-24,28-30,34,45-46H,4-21H2,1-3H3,(H,37,43)(H,38,47)(H,51,52)(H,53,54)(H2,36,39,40)(H2,48,49,50);3*1H3. The number of unbranched alkanes of at least 4 members (excludes halogenated alkanes) is 10. The number of ether oxygens (including phenoxy) is 1. The van der Waals surface area contributed by atoms with Gasteiger partial charge in [-0.1, -0.05) is 96.7 Å². The molecule has 0 spiro atoms. The number of anilines is 1. The Morgan fingerprint density at radius 1 is 0.909 bits per heavy atom. The predicted molar refractivity (Wildman–Crippen MR) is 239 cm³/mol. The number of fused-ring (bicyclic) bond motifs is 1. The molecule has 1 aliphatic rings. The minimum atomic E-state index is -5.90. The number of phosphoric ester groups is 3. The summed E-state index contributed by atoms with van der Waals surface area (Å²) < 4.78 is 61.1. The van der Waals surface area contributed by atoms with Crippen LogP contribution in [-0.4, -0.2) is 108 Å². The second-order valence-electron chi connectivity index (χ2n) is 15.5. The van der Waals surface area contributed by atoms with Crippen molar-refractivity contribution in [2.45, 2.75) is 135 Å². The summed E-state index contributed by atoms with van der Waals surface area (Å²) in [5.41, 5.74) is 4.13. The number of aliphatic hydroxyl groups excluding tert-OH is 2. The van der Waals surface area contributed by atoms with Crippen LogP contribution in [0.1, 0.15) is 110 Å². The van der Waals surface area contributed by atoms with Crippen molar-refractivity contribution < 1.29 is 80.5 Å². The molecule has 8 unspecified atom stereocenters. The molecule has 2 aromatic rings. The average Bonchev–Trinajstić information content (AvgIpc) is 3.76. The van der Waals surface area contributed by atoms with Crippen molar-refractivity contribution in [2.75, 3.05) is 37.8 Å². The maximum absolute atomic E-state index is 12.6. The van der Waals surface area contributed by atoms with E-state index < -0.39 is 84.6 Å². The van der Waals surface area contributed by atoms with Crippen LogP contribution >= 0.6 is 35.2 Å². The minimum Gasteiger partial charge on any atom is -0.756 e. The summed E-state index contributed by atoms with van der Waals surface area (Å²) in [6, 6.07) is 0. The highest BCUT2D eigenvalue weighted by Gasteiger charge is 2.48. The number of carbonyl (C=O) groups is 3. The smallest absolute Gasteiger partial charge is 0.274 e. The first-order valence-corrected chi connectivity index (χ1v) is 26.0. The molecule has 1 saturated heterocycles. The number of carbonyl (C=O) groups excluding carboxylic acids is 3. The van der Waals surface area contributed by atoms with E-state index in [-0.39, 0.29) is 60.1 Å². The molecule has 31 heteroatoms. The zero-order valence-electron chi connectivity index (χ0n) is 38.4. The summed E-state index contributed by atoms with van der Waals surface area (Å²) in [5.74, 6) is -1.11. The Kier molecular flexibility index (Phi) is 29.0. The molecule has 384 valence electrons. The molecule has 19 N–H and O–H groups in total. The van der Waals surface area contributed by atoms with Gasteiger partial charge in [-0.25, -0.2) is 19.3 Å². The van der Waals surface area contributed by atoms with Gasteiger partial charge >= 0.3 is 0 Å². The maximum Gasteiger partial charge on any atom is 0.274 e. The fourth-order valence-corrected chi connectivity index (χ4v) is 9.75. The minimum absolute atomic E-state index is 0. The Morgan fingerprint density at radius 3 is 2.11 bits per heavy atom. The third-order valence-corrected chi connectivity index (χ3v) is 13.7. The number of imidazole rings is 1. The number of nitrogens with two attached hydrogens (primary N) is 1. The van der Waals surface area contributed by atoms with Crippen LogP contribution in [0.5, 0.6) is 0 Å². The average molecular weight is 1030 g/mol. The third-order valence-electron chi connectivity index (χ3n) is 9.73. The van der Waals surface area contributed by atoms with Crippen molar-refractivity contribution in [3.05, 3.63) is 12.7 Å². The summed E-state index contributed by atoms with van der Waals surface area (Å²) in [6.45, 7) is 2.44. The molecule has 66 heavy (non-hydrogen) atoms. The van der Waals surface area contributed by atoms with Gasteiger partial charge in [0.05, 0.1) is 19.5 Å². The normalized spacial score (nSPS) is 20.4. The molecule has 0 aliphatic carbocycles. The van der Waals surface area contributed by atoms with Gasteiger partial charge in [-0.2, -0.15) is 0 Å². The van der Waals surface area contributed by atoms with Crippen molar-refractivity contribution >= 4 is 69.1 Å². The van der Waals surface area contributed by atoms with E-state index in [9.17, 15) is 57.9 Å². The number of thioether (sulfide) groups is 1. The van der Waals surface area contributed by atoms with Gasteiger partial charge < -0.3 is 82.9 Å². The molecule has 2 amide bonds. The van der Waals surface area contributed by atoms with Gasteiger partial charge in [-0.15, -0.1) is 0 Å². The fourth-order valence-electron chi connectivity index (χ4n) is 6.28. The molecular weight excluding hydrogens is 957 g/mol. The van der Waals surface area contributed by atoms with Crippen LogP contribution < -0.4 is 49.5 Å². The molecule has 0 bridgehead atoms. The van der Waals surface area contributed by atoms with Crippen molar-refractivity contribution in [1.82, 2.24) is 48.6 Å². The third kappa shape index (κ3) is 22.2. The monoisotopic (exact) mass is 1030 g/mol. The van der Waals surface area contributed by atoms with E-state index in [1.54, 1.807) is 0 Å². The summed E-state index contributed by atoms with van der Waals surface area (Å²) in [6.07, 6.45) is 6.22. The topological polar surface area (TPSA) is 482 Å². The number of amides is 2. The van der Waals surface area contributed by atoms with Gasteiger partial charge in [0.25, 0.3) is 23.5 Å². The van der Waals surface area contributed by atoms with Gasteiger partial charge in [0.1, 0.15) is 36.3 Å². The van der Waals surface area contributed by atoms with Crippen molar-refractivity contribution in [3.63, 3.8) is 0 Å². The Morgan fingerprint density at radius 2 is 1.50 bits per heavy atom. The molecule has 2 aromatic heterocycles. The molecule has 0 aromatic carbocycles. The maximum atomic E-state index is 12.6. The van der Waals surface area contributed by atoms with E-state index in [0.717, 1.165) is 48.2 Å². The Balaban J connectivity index is 0.0000141. The molecule has 27 nitrogen and oxygen atoms in total. The SMILES string of the molecule is CCCCCCCCCCCCCC(=O)SCCNC(=O)CCNC(=O)C(O)C(C)(C)COP(=O)([O-])OP(=O)([O-])OCC1OC(n2cnc3c(N)ncnc32)C(O)C1OP(=O)([O-])O.[NH4+].[NH4+].[NH4+]. The van der Waals surface area contributed by atoms with E-state index in [2.05, 4.69) is 50.4 Å². The summed E-state index contributed by atoms with van der Waals surface area (Å²) in [7, 11) is -17.3. The number of aliphatic hydroxyl groups is 2. The van der Waals surface area contributed by atoms with E-state index in [0.29, 0.717) is 12.2 Å². The molecule has 3 heterocycles. The molecule has 0 radical (unpaired) electrons. The summed E-state index contributed by atoms with van der Waals surface area (Å²) >= 11 is 1.14. The highest BCUT2D eigenvalue weighted by Crippen LogP contribution is 2.56. The number of nitrogen functional groups attached to an aromatic ring is 1. The lowest BCUT2D eigenvalue weighted by molar-refractivity contribution is -0.247. The van der Waals surface area contributed by atoms with Gasteiger partial charge in [0.15, 0.2) is 22.8 Å². The molecule has 0 saturated carbocycles. The number of quaternary nitrogens is 3. The lowest BCUT2D eigenvalue weighted by atomic mass is 9.87. The van der Waals surface area contributed by atoms with E-state index in [1.807, 2.05) is 0 Å². The van der Waals surface area contributed by atoms with E-state index in [4.69, 9.17) is 10.5 Å². The van der Waals surface area contributed by atoms with Gasteiger partial charge in [-0.05, 0) is 6.42 Å². The predicted octanol–water partition coefficient (Wildman–Crippen LogP) is 2.60. The van der Waals surface area contributed by atoms with Crippen LogP contribution in [0, 0.1) is 5.41 Å². The second kappa shape index (κ2) is 30.1. The Hall–Kier alpha value is -2.56. The number of nitrogens with one attached hydrogen (secondary N) is 2. The number of nitrogens with zero attached hydrogens (tertiary/aromatic N) is 4. The first kappa shape index (κ1) is 63.4. The highest BCUT2D eigenvalue weighted by molar-refractivity contribution is 8.13. The zero-order valence-corrected chi connectivity index (χ0v) is 41.9. The van der Waals surface area contributed by atoms with E-state index in [1.165, 1.54) is 65.2 Å². The molecule has 8 atom stereocenters. The lowest BCUT2D eigenvalue weighted by Crippen LogP contribution is -2.46. The highest BCUT2D eigenvalue weighted by atomic mass is 32.2. The van der Waals surface area contributed by atoms with Crippen LogP contribution in [-0.2, 0) is 50.7 Å². The first-order valence-electron chi connectivity index (χ1n) is 20.5. The largest absolute Gasteiger partial charge is 0.756 e. The second-order valence-corrected chi connectivity index (χ2v) is 20.8. The number of aromatic nitrogens is 4. The molecule has 1 fully saturated rings. The fraction of sp³-hybridized carbons (Fsp3) is 0.771. The molecule has 3 rings (SSSR count). The molecule has 1 aliphatic heterocycles. The molecular formula is C35H71N10O17P3S. The van der Waals surface area contributed by atoms with Gasteiger partial charge in [0.2, 0.25) is 11.8 Å². The van der Waals surface area contributed by atoms with Crippen molar-refractivity contribution in [1.29, 1.82) is 0 Å². The number of phosphoric acid groups is 3. The van der Waals surface area contributed by atoms with E-state index >= 15 is 0 Å². The van der Waals surface area contributed by atoms with Gasteiger partial charge in [0, 0.05) is 37.1 Å². The van der Waals surface area contributed by atoms with Gasteiger partial charge in [-0.3, -0.25) is 32.6 Å². The van der Waals surface area contributed by atoms with Crippen LogP contribution in [0.25, 0.3) is 11.2 Å². The number of hydrogen-bond donors (Lipinski definition) is 9. The Labute approximate surface area is 388 Å². The van der Waals surface area contributed by atoms with Crippen LogP contribution in [0.3, 0.4) is 0 Å². The number of hydrogen-bond acceptors (Lipinski definition) is 21. The summed E-state index contributed by atoms with van der Waals surface area (Å²) in [4.78, 5) is 94.6. The van der Waals surface area contributed by atoms with Crippen LogP contribution in [0.15, 0.2) is 12.7 Å². The Bertz CT molecular complexity index is 1930. The van der Waals surface area contributed by atoms with Crippen molar-refractivity contribution in [2.24, 2.45) is 5.41 Å². The lowest BCUT2D eigenvalue weighted by Gasteiger charge is -2.35. The van der Waals surface area contributed by atoms with Crippen LogP contribution in [0.2, 0.25) is 0 Å². The zero-order chi connectivity index (χ0) is 46.8. The van der Waals surface area contributed by atoms with Crippen molar-refractivity contribution in [3.8, 4) is 0 Å².